The van der Waals surface area contributed by atoms with Gasteiger partial charge in [0.15, 0.2) is 0 Å². The standard InChI is InChI=1S/C11H25NO/c1-6-7-8-9-12-10(2,3)11(4,5)13/h12-13H,6-9H2,1-5H3. The molecule has 0 aromatic heterocycles. The highest BCUT2D eigenvalue weighted by atomic mass is 16.3. The van der Waals surface area contributed by atoms with Crippen molar-refractivity contribution < 1.29 is 5.11 Å². The van der Waals surface area contributed by atoms with Gasteiger partial charge in [0.05, 0.1) is 5.60 Å². The Morgan fingerprint density at radius 1 is 1.08 bits per heavy atom. The van der Waals surface area contributed by atoms with E-state index < -0.39 is 5.60 Å². The molecule has 13 heavy (non-hydrogen) atoms. The van der Waals surface area contributed by atoms with Gasteiger partial charge in [-0.15, -0.1) is 0 Å². The third kappa shape index (κ3) is 4.63. The largest absolute Gasteiger partial charge is 0.389 e. The van der Waals surface area contributed by atoms with Crippen LogP contribution in [0.5, 0.6) is 0 Å². The van der Waals surface area contributed by atoms with Crippen molar-refractivity contribution in [3.63, 3.8) is 0 Å². The van der Waals surface area contributed by atoms with E-state index in [4.69, 9.17) is 0 Å². The second-order valence-corrected chi connectivity index (χ2v) is 4.82. The first-order valence-electron chi connectivity index (χ1n) is 5.28. The van der Waals surface area contributed by atoms with Gasteiger partial charge < -0.3 is 10.4 Å². The van der Waals surface area contributed by atoms with Crippen molar-refractivity contribution in [3.8, 4) is 0 Å². The van der Waals surface area contributed by atoms with Crippen molar-refractivity contribution in [2.45, 2.75) is 65.0 Å². The fraction of sp³-hybridized carbons (Fsp3) is 1.00. The third-order valence-corrected chi connectivity index (χ3v) is 2.88. The number of aliphatic hydroxyl groups is 1. The first-order chi connectivity index (χ1) is 5.81. The fourth-order valence-corrected chi connectivity index (χ4v) is 0.992. The Kier molecular flexibility index (Phi) is 4.93. The summed E-state index contributed by atoms with van der Waals surface area (Å²) in [5.74, 6) is 0. The Bertz CT molecular complexity index is 136. The molecule has 2 heteroatoms. The minimum Gasteiger partial charge on any atom is -0.389 e. The Morgan fingerprint density at radius 3 is 2.00 bits per heavy atom. The Hall–Kier alpha value is -0.0800. The maximum absolute atomic E-state index is 9.84. The molecule has 0 unspecified atom stereocenters. The summed E-state index contributed by atoms with van der Waals surface area (Å²) < 4.78 is 0. The zero-order valence-corrected chi connectivity index (χ0v) is 9.78. The van der Waals surface area contributed by atoms with Gasteiger partial charge in [-0.1, -0.05) is 19.8 Å². The van der Waals surface area contributed by atoms with Gasteiger partial charge in [-0.05, 0) is 40.7 Å². The molecule has 0 aliphatic carbocycles. The molecule has 0 aliphatic heterocycles. The van der Waals surface area contributed by atoms with Crippen LogP contribution in [-0.4, -0.2) is 22.8 Å². The molecule has 0 atom stereocenters. The van der Waals surface area contributed by atoms with Gasteiger partial charge in [0, 0.05) is 5.54 Å². The van der Waals surface area contributed by atoms with E-state index in [2.05, 4.69) is 12.2 Å². The lowest BCUT2D eigenvalue weighted by molar-refractivity contribution is -0.00440. The van der Waals surface area contributed by atoms with Crippen molar-refractivity contribution in [3.05, 3.63) is 0 Å². The van der Waals surface area contributed by atoms with Gasteiger partial charge in [-0.3, -0.25) is 0 Å². The average Bonchev–Trinajstić information content (AvgIpc) is 1.96. The summed E-state index contributed by atoms with van der Waals surface area (Å²) >= 11 is 0. The lowest BCUT2D eigenvalue weighted by atomic mass is 9.86. The lowest BCUT2D eigenvalue weighted by Crippen LogP contribution is -2.56. The molecule has 2 N–H and O–H groups in total. The molecule has 0 aromatic rings. The minimum absolute atomic E-state index is 0.208. The second kappa shape index (κ2) is 4.97. The van der Waals surface area contributed by atoms with E-state index in [1.165, 1.54) is 19.3 Å². The van der Waals surface area contributed by atoms with Gasteiger partial charge in [-0.25, -0.2) is 0 Å². The van der Waals surface area contributed by atoms with E-state index in [9.17, 15) is 5.11 Å². The Morgan fingerprint density at radius 2 is 1.62 bits per heavy atom. The molecule has 80 valence electrons. The van der Waals surface area contributed by atoms with Gasteiger partial charge in [0.2, 0.25) is 0 Å². The smallest absolute Gasteiger partial charge is 0.0767 e. The molecular weight excluding hydrogens is 162 g/mol. The fourth-order valence-electron chi connectivity index (χ4n) is 0.992. The van der Waals surface area contributed by atoms with Crippen LogP contribution in [0.15, 0.2) is 0 Å². The van der Waals surface area contributed by atoms with Gasteiger partial charge in [-0.2, -0.15) is 0 Å². The second-order valence-electron chi connectivity index (χ2n) is 4.82. The highest BCUT2D eigenvalue weighted by Gasteiger charge is 2.33. The van der Waals surface area contributed by atoms with Crippen molar-refractivity contribution in [1.82, 2.24) is 5.32 Å². The van der Waals surface area contributed by atoms with E-state index in [-0.39, 0.29) is 5.54 Å². The summed E-state index contributed by atoms with van der Waals surface area (Å²) in [5, 5.41) is 13.2. The number of hydrogen-bond acceptors (Lipinski definition) is 2. The molecule has 0 fully saturated rings. The SMILES string of the molecule is CCCCCNC(C)(C)C(C)(C)O. The van der Waals surface area contributed by atoms with Crippen molar-refractivity contribution in [2.24, 2.45) is 0 Å². The van der Waals surface area contributed by atoms with E-state index >= 15 is 0 Å². The molecule has 2 nitrogen and oxygen atoms in total. The van der Waals surface area contributed by atoms with Crippen LogP contribution < -0.4 is 5.32 Å². The monoisotopic (exact) mass is 187 g/mol. The maximum Gasteiger partial charge on any atom is 0.0767 e. The molecule has 0 heterocycles. The zero-order valence-electron chi connectivity index (χ0n) is 9.78. The summed E-state index contributed by atoms with van der Waals surface area (Å²) in [6.45, 7) is 11.0. The molecule has 0 amide bonds. The highest BCUT2D eigenvalue weighted by Crippen LogP contribution is 2.20. The van der Waals surface area contributed by atoms with Crippen molar-refractivity contribution >= 4 is 0 Å². The van der Waals surface area contributed by atoms with Crippen LogP contribution in [-0.2, 0) is 0 Å². The van der Waals surface area contributed by atoms with Crippen LogP contribution in [0.25, 0.3) is 0 Å². The Balaban J connectivity index is 3.77. The number of hydrogen-bond donors (Lipinski definition) is 2. The van der Waals surface area contributed by atoms with E-state index in [1.807, 2.05) is 27.7 Å². The van der Waals surface area contributed by atoms with Crippen molar-refractivity contribution in [1.29, 1.82) is 0 Å². The molecule has 0 rings (SSSR count). The summed E-state index contributed by atoms with van der Waals surface area (Å²) in [7, 11) is 0. The van der Waals surface area contributed by atoms with Gasteiger partial charge in [0.25, 0.3) is 0 Å². The van der Waals surface area contributed by atoms with Crippen molar-refractivity contribution in [2.75, 3.05) is 6.54 Å². The molecule has 0 saturated heterocycles. The number of rotatable bonds is 6. The Labute approximate surface area is 82.7 Å². The van der Waals surface area contributed by atoms with Gasteiger partial charge >= 0.3 is 0 Å². The first-order valence-corrected chi connectivity index (χ1v) is 5.28. The highest BCUT2D eigenvalue weighted by molar-refractivity contribution is 4.93. The van der Waals surface area contributed by atoms with E-state index in [1.54, 1.807) is 0 Å². The third-order valence-electron chi connectivity index (χ3n) is 2.88. The lowest BCUT2D eigenvalue weighted by Gasteiger charge is -2.38. The summed E-state index contributed by atoms with van der Waals surface area (Å²) in [6, 6.07) is 0. The van der Waals surface area contributed by atoms with Crippen LogP contribution in [0, 0.1) is 0 Å². The van der Waals surface area contributed by atoms with E-state index in [0.29, 0.717) is 0 Å². The molecule has 0 spiro atoms. The number of unbranched alkanes of at least 4 members (excludes halogenated alkanes) is 2. The molecular formula is C11H25NO. The molecule has 0 aromatic carbocycles. The molecule has 0 radical (unpaired) electrons. The van der Waals surface area contributed by atoms with E-state index in [0.717, 1.165) is 6.54 Å². The predicted molar refractivity (Wildman–Crippen MR) is 57.9 cm³/mol. The maximum atomic E-state index is 9.84. The summed E-state index contributed by atoms with van der Waals surface area (Å²) in [6.07, 6.45) is 3.69. The summed E-state index contributed by atoms with van der Waals surface area (Å²) in [5.41, 5.74) is -0.875. The first kappa shape index (κ1) is 12.9. The van der Waals surface area contributed by atoms with Gasteiger partial charge in [0.1, 0.15) is 0 Å². The summed E-state index contributed by atoms with van der Waals surface area (Å²) in [4.78, 5) is 0. The van der Waals surface area contributed by atoms with Crippen LogP contribution >= 0.6 is 0 Å². The average molecular weight is 187 g/mol. The molecule has 0 saturated carbocycles. The zero-order chi connectivity index (χ0) is 10.5. The van der Waals surface area contributed by atoms with Crippen LogP contribution in [0.2, 0.25) is 0 Å². The van der Waals surface area contributed by atoms with Crippen LogP contribution in [0.4, 0.5) is 0 Å². The van der Waals surface area contributed by atoms with Crippen LogP contribution in [0.1, 0.15) is 53.9 Å². The quantitative estimate of drug-likeness (QED) is 0.625. The normalized spacial score (nSPS) is 13.4. The van der Waals surface area contributed by atoms with Crippen LogP contribution in [0.3, 0.4) is 0 Å². The minimum atomic E-state index is -0.667. The predicted octanol–water partition coefficient (Wildman–Crippen LogP) is 2.32. The molecule has 0 bridgehead atoms. The topological polar surface area (TPSA) is 32.3 Å². The number of nitrogens with one attached hydrogen (secondary N) is 1. The molecule has 0 aliphatic rings.